The van der Waals surface area contributed by atoms with E-state index >= 15 is 0 Å². The van der Waals surface area contributed by atoms with E-state index in [4.69, 9.17) is 0 Å². The summed E-state index contributed by atoms with van der Waals surface area (Å²) < 4.78 is 0. The summed E-state index contributed by atoms with van der Waals surface area (Å²) in [4.78, 5) is 33.7. The monoisotopic (exact) mass is 324 g/mol. The molecule has 124 valence electrons. The van der Waals surface area contributed by atoms with Crippen LogP contribution in [0.4, 0.5) is 5.69 Å². The number of hydrogen-bond acceptors (Lipinski definition) is 3. The molecule has 2 N–H and O–H groups in total. The number of hydrogen-bond donors (Lipinski definition) is 2. The van der Waals surface area contributed by atoms with Crippen LogP contribution in [-0.4, -0.2) is 39.3 Å². The Balaban J connectivity index is 1.44. The minimum absolute atomic E-state index is 0.00950. The van der Waals surface area contributed by atoms with Crippen LogP contribution in [0, 0.1) is 5.92 Å². The molecule has 2 heterocycles. The van der Waals surface area contributed by atoms with E-state index in [0.29, 0.717) is 25.4 Å². The zero-order valence-corrected chi connectivity index (χ0v) is 13.4. The van der Waals surface area contributed by atoms with Gasteiger partial charge in [-0.15, -0.1) is 0 Å². The highest BCUT2D eigenvalue weighted by molar-refractivity contribution is 5.94. The van der Waals surface area contributed by atoms with Gasteiger partial charge in [0, 0.05) is 42.7 Å². The highest BCUT2D eigenvalue weighted by atomic mass is 16.2. The molecule has 2 amide bonds. The summed E-state index contributed by atoms with van der Waals surface area (Å²) in [5, 5.41) is 2.99. The zero-order chi connectivity index (χ0) is 16.5. The van der Waals surface area contributed by atoms with Crippen molar-refractivity contribution in [3.63, 3.8) is 0 Å². The fourth-order valence-electron chi connectivity index (χ4n) is 3.24. The molecular formula is C18H20N4O2. The fourth-order valence-corrected chi connectivity index (χ4v) is 3.24. The lowest BCUT2D eigenvalue weighted by Gasteiger charge is -2.32. The first kappa shape index (κ1) is 14.9. The molecule has 1 unspecified atom stereocenters. The van der Waals surface area contributed by atoms with E-state index < -0.39 is 0 Å². The van der Waals surface area contributed by atoms with Crippen LogP contribution in [0.1, 0.15) is 25.7 Å². The van der Waals surface area contributed by atoms with E-state index in [0.717, 1.165) is 29.9 Å². The highest BCUT2D eigenvalue weighted by Crippen LogP contribution is 2.32. The molecule has 0 bridgehead atoms. The van der Waals surface area contributed by atoms with Crippen molar-refractivity contribution >= 4 is 17.5 Å². The minimum atomic E-state index is -0.129. The van der Waals surface area contributed by atoms with Crippen LogP contribution in [0.2, 0.25) is 0 Å². The smallest absolute Gasteiger partial charge is 0.229 e. The predicted molar refractivity (Wildman–Crippen MR) is 90.1 cm³/mol. The lowest BCUT2D eigenvalue weighted by atomic mass is 9.96. The molecule has 1 aromatic carbocycles. The molecule has 1 saturated carbocycles. The number of carbonyl (C=O) groups is 2. The molecule has 1 atom stereocenters. The first-order valence-corrected chi connectivity index (χ1v) is 8.41. The number of anilines is 1. The largest absolute Gasteiger partial charge is 0.345 e. The topological polar surface area (TPSA) is 78.1 Å². The van der Waals surface area contributed by atoms with Crippen molar-refractivity contribution in [2.24, 2.45) is 5.92 Å². The first-order chi connectivity index (χ1) is 11.7. The van der Waals surface area contributed by atoms with Gasteiger partial charge < -0.3 is 15.2 Å². The third kappa shape index (κ3) is 3.04. The number of nitrogens with one attached hydrogen (secondary N) is 2. The number of aromatic nitrogens is 2. The Morgan fingerprint density at radius 2 is 2.17 bits per heavy atom. The van der Waals surface area contributed by atoms with Gasteiger partial charge in [0.25, 0.3) is 0 Å². The highest BCUT2D eigenvalue weighted by Gasteiger charge is 2.38. The number of likely N-dealkylation sites (tertiary alicyclic amines) is 1. The quantitative estimate of drug-likeness (QED) is 0.906. The van der Waals surface area contributed by atoms with E-state index in [1.54, 1.807) is 12.4 Å². The zero-order valence-electron chi connectivity index (χ0n) is 13.4. The van der Waals surface area contributed by atoms with Gasteiger partial charge in [-0.05, 0) is 31.4 Å². The third-order valence-corrected chi connectivity index (χ3v) is 4.70. The molecule has 1 aliphatic heterocycles. The second-order valence-electron chi connectivity index (χ2n) is 6.52. The summed E-state index contributed by atoms with van der Waals surface area (Å²) in [7, 11) is 0. The summed E-state index contributed by atoms with van der Waals surface area (Å²) in [6.45, 7) is 0.549. The molecule has 1 aliphatic carbocycles. The van der Waals surface area contributed by atoms with E-state index in [-0.39, 0.29) is 17.7 Å². The standard InChI is InChI=1S/C18H20N4O2/c23-16-7-4-13(11-22(16)15-5-6-15)18(24)21-14-3-1-2-12(10-14)17-19-8-9-20-17/h1-3,8-10,13,15H,4-7,11H2,(H,19,20)(H,21,24). The molecule has 2 aliphatic rings. The van der Waals surface area contributed by atoms with Gasteiger partial charge in [-0.2, -0.15) is 0 Å². The molecule has 0 radical (unpaired) electrons. The maximum absolute atomic E-state index is 12.6. The molecule has 0 spiro atoms. The minimum Gasteiger partial charge on any atom is -0.345 e. The summed E-state index contributed by atoms with van der Waals surface area (Å²) in [6.07, 6.45) is 6.72. The molecule has 24 heavy (non-hydrogen) atoms. The van der Waals surface area contributed by atoms with Gasteiger partial charge in [0.05, 0.1) is 5.92 Å². The molecule has 6 heteroatoms. The number of nitrogens with zero attached hydrogens (tertiary/aromatic N) is 2. The van der Waals surface area contributed by atoms with Crippen LogP contribution >= 0.6 is 0 Å². The Morgan fingerprint density at radius 1 is 1.29 bits per heavy atom. The van der Waals surface area contributed by atoms with Crippen molar-refractivity contribution in [3.05, 3.63) is 36.7 Å². The summed E-state index contributed by atoms with van der Waals surface area (Å²) in [5.41, 5.74) is 1.68. The van der Waals surface area contributed by atoms with E-state index in [1.165, 1.54) is 0 Å². The number of amides is 2. The molecular weight excluding hydrogens is 304 g/mol. The van der Waals surface area contributed by atoms with Gasteiger partial charge >= 0.3 is 0 Å². The van der Waals surface area contributed by atoms with Crippen molar-refractivity contribution in [1.82, 2.24) is 14.9 Å². The predicted octanol–water partition coefficient (Wildman–Crippen LogP) is 2.42. The van der Waals surface area contributed by atoms with Crippen LogP contribution in [-0.2, 0) is 9.59 Å². The Kier molecular flexibility index (Phi) is 3.80. The van der Waals surface area contributed by atoms with Crippen molar-refractivity contribution in [2.45, 2.75) is 31.7 Å². The summed E-state index contributed by atoms with van der Waals surface area (Å²) in [6, 6.07) is 7.99. The fraction of sp³-hybridized carbons (Fsp3) is 0.389. The van der Waals surface area contributed by atoms with Crippen molar-refractivity contribution in [1.29, 1.82) is 0 Å². The summed E-state index contributed by atoms with van der Waals surface area (Å²) in [5.74, 6) is 0.830. The van der Waals surface area contributed by atoms with Gasteiger partial charge in [-0.3, -0.25) is 9.59 Å². The third-order valence-electron chi connectivity index (χ3n) is 4.70. The molecule has 6 nitrogen and oxygen atoms in total. The normalized spacial score (nSPS) is 20.9. The van der Waals surface area contributed by atoms with Gasteiger partial charge in [0.1, 0.15) is 5.82 Å². The number of aromatic amines is 1. The van der Waals surface area contributed by atoms with Gasteiger partial charge in [0.15, 0.2) is 0 Å². The second-order valence-corrected chi connectivity index (χ2v) is 6.52. The van der Waals surface area contributed by atoms with Crippen LogP contribution in [0.5, 0.6) is 0 Å². The Morgan fingerprint density at radius 3 is 2.92 bits per heavy atom. The molecule has 2 fully saturated rings. The number of H-pyrrole nitrogens is 1. The van der Waals surface area contributed by atoms with Crippen LogP contribution in [0.3, 0.4) is 0 Å². The molecule has 2 aromatic rings. The van der Waals surface area contributed by atoms with Crippen molar-refractivity contribution in [3.8, 4) is 11.4 Å². The average molecular weight is 324 g/mol. The maximum Gasteiger partial charge on any atom is 0.229 e. The summed E-state index contributed by atoms with van der Waals surface area (Å²) >= 11 is 0. The van der Waals surface area contributed by atoms with Gasteiger partial charge in [-0.25, -0.2) is 4.98 Å². The Bertz CT molecular complexity index is 752. The number of benzene rings is 1. The number of carbonyl (C=O) groups excluding carboxylic acids is 2. The van der Waals surface area contributed by atoms with Gasteiger partial charge in [0.2, 0.25) is 11.8 Å². The maximum atomic E-state index is 12.6. The lowest BCUT2D eigenvalue weighted by molar-refractivity contribution is -0.137. The van der Waals surface area contributed by atoms with Gasteiger partial charge in [-0.1, -0.05) is 12.1 Å². The van der Waals surface area contributed by atoms with E-state index in [1.807, 2.05) is 29.2 Å². The van der Waals surface area contributed by atoms with E-state index in [9.17, 15) is 9.59 Å². The van der Waals surface area contributed by atoms with E-state index in [2.05, 4.69) is 15.3 Å². The molecule has 1 saturated heterocycles. The van der Waals surface area contributed by atoms with Crippen LogP contribution < -0.4 is 5.32 Å². The Hall–Kier alpha value is -2.63. The number of imidazole rings is 1. The average Bonchev–Trinajstić information content (AvgIpc) is 3.28. The second kappa shape index (κ2) is 6.11. The lowest BCUT2D eigenvalue weighted by Crippen LogP contribution is -2.45. The SMILES string of the molecule is O=C(Nc1cccc(-c2ncc[nH]2)c1)C1CCC(=O)N(C2CC2)C1. The van der Waals surface area contributed by atoms with Crippen LogP contribution in [0.25, 0.3) is 11.4 Å². The van der Waals surface area contributed by atoms with Crippen molar-refractivity contribution in [2.75, 3.05) is 11.9 Å². The molecule has 1 aromatic heterocycles. The van der Waals surface area contributed by atoms with Crippen LogP contribution in [0.15, 0.2) is 36.7 Å². The Labute approximate surface area is 140 Å². The molecule has 4 rings (SSSR count). The van der Waals surface area contributed by atoms with Crippen molar-refractivity contribution < 1.29 is 9.59 Å². The number of piperidine rings is 1. The number of rotatable bonds is 4. The first-order valence-electron chi connectivity index (χ1n) is 8.41.